The van der Waals surface area contributed by atoms with E-state index >= 15 is 0 Å². The molecule has 2 N–H and O–H groups in total. The van der Waals surface area contributed by atoms with E-state index in [1.54, 1.807) is 6.92 Å². The van der Waals surface area contributed by atoms with Crippen LogP contribution in [0.15, 0.2) is 0 Å². The number of aliphatic carboxylic acids is 2. The van der Waals surface area contributed by atoms with Gasteiger partial charge >= 0.3 is 11.9 Å². The van der Waals surface area contributed by atoms with Gasteiger partial charge in [0.1, 0.15) is 0 Å². The third-order valence-electron chi connectivity index (χ3n) is 3.59. The lowest BCUT2D eigenvalue weighted by molar-refractivity contribution is -0.159. The van der Waals surface area contributed by atoms with Crippen molar-refractivity contribution < 1.29 is 24.6 Å². The maximum Gasteiger partial charge on any atom is 0.309 e. The Morgan fingerprint density at radius 3 is 2.22 bits per heavy atom. The van der Waals surface area contributed by atoms with Crippen molar-refractivity contribution in [2.24, 2.45) is 17.8 Å². The lowest BCUT2D eigenvalue weighted by atomic mass is 9.85. The van der Waals surface area contributed by atoms with Gasteiger partial charge in [-0.15, -0.1) is 0 Å². The van der Waals surface area contributed by atoms with Crippen molar-refractivity contribution >= 4 is 17.8 Å². The number of hydrogen-bond acceptors (Lipinski definition) is 3. The summed E-state index contributed by atoms with van der Waals surface area (Å²) in [6.45, 7) is 4.00. The Morgan fingerprint density at radius 2 is 1.78 bits per heavy atom. The van der Waals surface area contributed by atoms with E-state index in [0.717, 1.165) is 0 Å². The third kappa shape index (κ3) is 3.00. The zero-order valence-corrected chi connectivity index (χ0v) is 10.6. The van der Waals surface area contributed by atoms with Gasteiger partial charge in [0.25, 0.3) is 0 Å². The molecule has 1 aliphatic heterocycles. The summed E-state index contributed by atoms with van der Waals surface area (Å²) in [7, 11) is 0. The minimum absolute atomic E-state index is 0.00449. The van der Waals surface area contributed by atoms with Crippen LogP contribution in [0.4, 0.5) is 0 Å². The Labute approximate surface area is 106 Å². The Morgan fingerprint density at radius 1 is 1.22 bits per heavy atom. The summed E-state index contributed by atoms with van der Waals surface area (Å²) in [6, 6.07) is 0. The number of carboxylic acids is 2. The summed E-state index contributed by atoms with van der Waals surface area (Å²) < 4.78 is 0. The normalized spacial score (nSPS) is 25.6. The minimum atomic E-state index is -1.15. The molecule has 0 aliphatic carbocycles. The van der Waals surface area contributed by atoms with Gasteiger partial charge in [0.05, 0.1) is 11.8 Å². The summed E-state index contributed by atoms with van der Waals surface area (Å²) in [5.41, 5.74) is 0. The molecule has 3 unspecified atom stereocenters. The molecular weight excluding hydrogens is 238 g/mol. The largest absolute Gasteiger partial charge is 0.481 e. The number of carboxylic acid groups (broad SMARTS) is 2. The van der Waals surface area contributed by atoms with Gasteiger partial charge in [0.15, 0.2) is 0 Å². The molecular formula is C12H19NO5. The van der Waals surface area contributed by atoms with E-state index in [9.17, 15) is 14.4 Å². The number of nitrogens with zero attached hydrogens (tertiary/aromatic N) is 1. The van der Waals surface area contributed by atoms with Crippen LogP contribution in [0, 0.1) is 17.8 Å². The van der Waals surface area contributed by atoms with Crippen LogP contribution in [-0.4, -0.2) is 46.0 Å². The molecule has 3 atom stereocenters. The van der Waals surface area contributed by atoms with Crippen LogP contribution in [-0.2, 0) is 14.4 Å². The standard InChI is InChI=1S/C12H19NO5/c1-3-7(2)10(14)13-5-4-8(11(15)16)9(6-13)12(17)18/h7-9H,3-6H2,1-2H3,(H,15,16)(H,17,18). The Hall–Kier alpha value is -1.59. The van der Waals surface area contributed by atoms with E-state index in [-0.39, 0.29) is 24.8 Å². The first kappa shape index (κ1) is 14.5. The van der Waals surface area contributed by atoms with Crippen molar-refractivity contribution in [3.63, 3.8) is 0 Å². The number of piperidine rings is 1. The van der Waals surface area contributed by atoms with Crippen LogP contribution in [0.1, 0.15) is 26.7 Å². The van der Waals surface area contributed by atoms with E-state index in [0.29, 0.717) is 13.0 Å². The van der Waals surface area contributed by atoms with E-state index in [1.165, 1.54) is 4.90 Å². The van der Waals surface area contributed by atoms with Crippen molar-refractivity contribution in [3.8, 4) is 0 Å². The highest BCUT2D eigenvalue weighted by atomic mass is 16.4. The summed E-state index contributed by atoms with van der Waals surface area (Å²) in [5.74, 6) is -4.40. The van der Waals surface area contributed by atoms with Crippen LogP contribution in [0.3, 0.4) is 0 Å². The van der Waals surface area contributed by atoms with Gasteiger partial charge in [-0.25, -0.2) is 0 Å². The van der Waals surface area contributed by atoms with Gasteiger partial charge in [0.2, 0.25) is 5.91 Å². The second-order valence-electron chi connectivity index (χ2n) is 4.77. The summed E-state index contributed by atoms with van der Waals surface area (Å²) in [6.07, 6.45) is 0.893. The fourth-order valence-corrected chi connectivity index (χ4v) is 2.18. The maximum atomic E-state index is 12.0. The van der Waals surface area contributed by atoms with Crippen LogP contribution in [0.2, 0.25) is 0 Å². The lowest BCUT2D eigenvalue weighted by Gasteiger charge is -2.35. The van der Waals surface area contributed by atoms with E-state index < -0.39 is 23.8 Å². The molecule has 0 saturated carbocycles. The maximum absolute atomic E-state index is 12.0. The second kappa shape index (κ2) is 5.84. The highest BCUT2D eigenvalue weighted by molar-refractivity contribution is 5.83. The molecule has 6 nitrogen and oxygen atoms in total. The Kier molecular flexibility index (Phi) is 4.69. The molecule has 1 aliphatic rings. The van der Waals surface area contributed by atoms with Crippen molar-refractivity contribution in [2.45, 2.75) is 26.7 Å². The molecule has 1 saturated heterocycles. The Bertz CT molecular complexity index is 354. The molecule has 0 bridgehead atoms. The molecule has 1 rings (SSSR count). The molecule has 102 valence electrons. The number of amides is 1. The van der Waals surface area contributed by atoms with Crippen molar-refractivity contribution in [1.82, 2.24) is 4.90 Å². The molecule has 0 aromatic heterocycles. The predicted octanol–water partition coefficient (Wildman–Crippen LogP) is 0.666. The van der Waals surface area contributed by atoms with Gasteiger partial charge in [-0.3, -0.25) is 14.4 Å². The first-order valence-electron chi connectivity index (χ1n) is 6.12. The summed E-state index contributed by atoms with van der Waals surface area (Å²) in [5, 5.41) is 18.0. The van der Waals surface area contributed by atoms with Gasteiger partial charge < -0.3 is 15.1 Å². The van der Waals surface area contributed by atoms with Crippen molar-refractivity contribution in [1.29, 1.82) is 0 Å². The molecule has 1 amide bonds. The molecule has 1 fully saturated rings. The quantitative estimate of drug-likeness (QED) is 0.771. The average Bonchev–Trinajstić information content (AvgIpc) is 2.35. The molecule has 1 heterocycles. The SMILES string of the molecule is CCC(C)C(=O)N1CCC(C(=O)O)C(C(=O)O)C1. The number of rotatable bonds is 4. The van der Waals surface area contributed by atoms with Gasteiger partial charge in [-0.2, -0.15) is 0 Å². The zero-order chi connectivity index (χ0) is 13.9. The van der Waals surface area contributed by atoms with E-state index in [1.807, 2.05) is 6.92 Å². The monoisotopic (exact) mass is 257 g/mol. The smallest absolute Gasteiger partial charge is 0.309 e. The number of likely N-dealkylation sites (tertiary alicyclic amines) is 1. The van der Waals surface area contributed by atoms with Crippen LogP contribution >= 0.6 is 0 Å². The van der Waals surface area contributed by atoms with Crippen molar-refractivity contribution in [3.05, 3.63) is 0 Å². The van der Waals surface area contributed by atoms with E-state index in [4.69, 9.17) is 10.2 Å². The number of carbonyl (C=O) groups is 3. The fraction of sp³-hybridized carbons (Fsp3) is 0.750. The molecule has 0 spiro atoms. The number of carbonyl (C=O) groups excluding carboxylic acids is 1. The minimum Gasteiger partial charge on any atom is -0.481 e. The molecule has 0 radical (unpaired) electrons. The van der Waals surface area contributed by atoms with Crippen molar-refractivity contribution in [2.75, 3.05) is 13.1 Å². The zero-order valence-electron chi connectivity index (χ0n) is 10.6. The average molecular weight is 257 g/mol. The molecule has 0 aromatic rings. The summed E-state index contributed by atoms with van der Waals surface area (Å²) >= 11 is 0. The van der Waals surface area contributed by atoms with Gasteiger partial charge in [-0.05, 0) is 12.8 Å². The molecule has 6 heteroatoms. The predicted molar refractivity (Wildman–Crippen MR) is 62.9 cm³/mol. The second-order valence-corrected chi connectivity index (χ2v) is 4.77. The fourth-order valence-electron chi connectivity index (χ4n) is 2.18. The highest BCUT2D eigenvalue weighted by Crippen LogP contribution is 2.25. The lowest BCUT2D eigenvalue weighted by Crippen LogP contribution is -2.49. The van der Waals surface area contributed by atoms with Gasteiger partial charge in [-0.1, -0.05) is 13.8 Å². The van der Waals surface area contributed by atoms with Crippen LogP contribution in [0.5, 0.6) is 0 Å². The van der Waals surface area contributed by atoms with Gasteiger partial charge in [0, 0.05) is 19.0 Å². The van der Waals surface area contributed by atoms with E-state index in [2.05, 4.69) is 0 Å². The number of hydrogen-bond donors (Lipinski definition) is 2. The topological polar surface area (TPSA) is 94.9 Å². The third-order valence-corrected chi connectivity index (χ3v) is 3.59. The summed E-state index contributed by atoms with van der Waals surface area (Å²) in [4.78, 5) is 35.5. The van der Waals surface area contributed by atoms with Crippen LogP contribution < -0.4 is 0 Å². The molecule has 0 aromatic carbocycles. The van der Waals surface area contributed by atoms with Crippen LogP contribution in [0.25, 0.3) is 0 Å². The first-order chi connectivity index (χ1) is 8.38. The first-order valence-corrected chi connectivity index (χ1v) is 6.12. The Balaban J connectivity index is 2.77. The highest BCUT2D eigenvalue weighted by Gasteiger charge is 2.40. The molecule has 18 heavy (non-hydrogen) atoms.